The van der Waals surface area contributed by atoms with Crippen molar-refractivity contribution in [1.82, 2.24) is 15.1 Å². The monoisotopic (exact) mass is 375 g/mol. The maximum atomic E-state index is 12.5. The van der Waals surface area contributed by atoms with E-state index in [1.165, 1.54) is 11.1 Å². The molecule has 5 heteroatoms. The number of nitrogens with zero attached hydrogens (tertiary/aromatic N) is 2. The summed E-state index contributed by atoms with van der Waals surface area (Å²) >= 11 is 0. The smallest absolute Gasteiger partial charge is 0.292 e. The number of aryl methyl sites for hydroxylation is 2. The maximum Gasteiger partial charge on any atom is 0.292 e. The van der Waals surface area contributed by atoms with Gasteiger partial charge in [0.2, 0.25) is 0 Å². The molecule has 0 aliphatic carbocycles. The third-order valence-electron chi connectivity index (χ3n) is 5.06. The van der Waals surface area contributed by atoms with Crippen molar-refractivity contribution in [3.63, 3.8) is 0 Å². The molecule has 0 radical (unpaired) electrons. The summed E-state index contributed by atoms with van der Waals surface area (Å²) in [6.45, 7) is 3.95. The van der Waals surface area contributed by atoms with Gasteiger partial charge in [0.15, 0.2) is 0 Å². The predicted octanol–water partition coefficient (Wildman–Crippen LogP) is 3.56. The van der Waals surface area contributed by atoms with Crippen LogP contribution in [0.1, 0.15) is 45.2 Å². The molecular formula is C23H25N3O2. The number of carbonyl (C=O) groups excluding carboxylic acids is 2. The normalized spacial score (nSPS) is 10.9. The first kappa shape index (κ1) is 19.5. The molecule has 28 heavy (non-hydrogen) atoms. The van der Waals surface area contributed by atoms with Gasteiger partial charge in [-0.3, -0.25) is 14.3 Å². The zero-order chi connectivity index (χ0) is 20.1. The Balaban J connectivity index is 1.69. The highest BCUT2D eigenvalue weighted by Gasteiger charge is 2.24. The Morgan fingerprint density at radius 3 is 1.96 bits per heavy atom. The van der Waals surface area contributed by atoms with E-state index in [1.54, 1.807) is 25.6 Å². The van der Waals surface area contributed by atoms with Crippen molar-refractivity contribution < 1.29 is 9.59 Å². The number of Topliss-reactive ketones (excluding diaryl/α,β-unsaturated/α-hetero) is 1. The Kier molecular flexibility index (Phi) is 6.04. The summed E-state index contributed by atoms with van der Waals surface area (Å²) in [5.74, 6) is -0.960. The minimum Gasteiger partial charge on any atom is -0.349 e. The molecule has 0 unspecified atom stereocenters. The SMILES string of the molecule is Cc1nn(C)c(C)c1C(=O)C(=O)NCCC(c1ccccc1)c1ccccc1. The van der Waals surface area contributed by atoms with E-state index in [1.807, 2.05) is 36.4 Å². The number of aromatic nitrogens is 2. The van der Waals surface area contributed by atoms with Gasteiger partial charge in [0.05, 0.1) is 11.3 Å². The van der Waals surface area contributed by atoms with Crippen molar-refractivity contribution in [3.05, 3.63) is 88.7 Å². The molecule has 3 aromatic rings. The third kappa shape index (κ3) is 4.19. The van der Waals surface area contributed by atoms with Crippen molar-refractivity contribution in [3.8, 4) is 0 Å². The second kappa shape index (κ2) is 8.65. The highest BCUT2D eigenvalue weighted by molar-refractivity contribution is 6.43. The van der Waals surface area contributed by atoms with Crippen LogP contribution in [0.15, 0.2) is 60.7 Å². The maximum absolute atomic E-state index is 12.5. The van der Waals surface area contributed by atoms with E-state index in [0.717, 1.165) is 0 Å². The first-order valence-electron chi connectivity index (χ1n) is 9.41. The first-order valence-corrected chi connectivity index (χ1v) is 9.41. The van der Waals surface area contributed by atoms with Gasteiger partial charge in [-0.15, -0.1) is 0 Å². The number of nitrogens with one attached hydrogen (secondary N) is 1. The van der Waals surface area contributed by atoms with Crippen LogP contribution < -0.4 is 5.32 Å². The van der Waals surface area contributed by atoms with Crippen LogP contribution in [0.4, 0.5) is 0 Å². The summed E-state index contributed by atoms with van der Waals surface area (Å²) in [7, 11) is 1.77. The molecule has 3 rings (SSSR count). The number of carbonyl (C=O) groups is 2. The molecule has 5 nitrogen and oxygen atoms in total. The largest absolute Gasteiger partial charge is 0.349 e. The lowest BCUT2D eigenvalue weighted by Crippen LogP contribution is -2.33. The topological polar surface area (TPSA) is 64.0 Å². The Hall–Kier alpha value is -3.21. The van der Waals surface area contributed by atoms with Crippen LogP contribution in [0.3, 0.4) is 0 Å². The fourth-order valence-electron chi connectivity index (χ4n) is 3.52. The van der Waals surface area contributed by atoms with E-state index in [9.17, 15) is 9.59 Å². The predicted molar refractivity (Wildman–Crippen MR) is 109 cm³/mol. The quantitative estimate of drug-likeness (QED) is 0.507. The van der Waals surface area contributed by atoms with Crippen molar-refractivity contribution in [2.75, 3.05) is 6.54 Å². The highest BCUT2D eigenvalue weighted by atomic mass is 16.2. The van der Waals surface area contributed by atoms with Gasteiger partial charge in [0.25, 0.3) is 11.7 Å². The first-order chi connectivity index (χ1) is 13.5. The molecule has 144 valence electrons. The summed E-state index contributed by atoms with van der Waals surface area (Å²) in [6, 6.07) is 20.4. The molecule has 1 aromatic heterocycles. The number of hydrogen-bond donors (Lipinski definition) is 1. The average Bonchev–Trinajstić information content (AvgIpc) is 2.97. The van der Waals surface area contributed by atoms with E-state index in [2.05, 4.69) is 34.7 Å². The van der Waals surface area contributed by atoms with Gasteiger partial charge in [0, 0.05) is 25.2 Å². The lowest BCUT2D eigenvalue weighted by Gasteiger charge is -2.18. The number of ketones is 1. The highest BCUT2D eigenvalue weighted by Crippen LogP contribution is 2.27. The van der Waals surface area contributed by atoms with Gasteiger partial charge < -0.3 is 5.32 Å². The third-order valence-corrected chi connectivity index (χ3v) is 5.06. The Morgan fingerprint density at radius 1 is 0.964 bits per heavy atom. The van der Waals surface area contributed by atoms with Crippen LogP contribution in [0.2, 0.25) is 0 Å². The van der Waals surface area contributed by atoms with Crippen molar-refractivity contribution in [2.24, 2.45) is 7.05 Å². The molecule has 1 heterocycles. The van der Waals surface area contributed by atoms with Gasteiger partial charge in [-0.2, -0.15) is 5.10 Å². The minimum atomic E-state index is -0.584. The molecule has 0 aliphatic rings. The van der Waals surface area contributed by atoms with Crippen LogP contribution in [-0.2, 0) is 11.8 Å². The van der Waals surface area contributed by atoms with Crippen LogP contribution in [0, 0.1) is 13.8 Å². The molecule has 0 spiro atoms. The van der Waals surface area contributed by atoms with Gasteiger partial charge in [-0.25, -0.2) is 0 Å². The lowest BCUT2D eigenvalue weighted by molar-refractivity contribution is -0.117. The van der Waals surface area contributed by atoms with Crippen molar-refractivity contribution in [1.29, 1.82) is 0 Å². The molecule has 1 N–H and O–H groups in total. The van der Waals surface area contributed by atoms with Crippen LogP contribution >= 0.6 is 0 Å². The standard InChI is InChI=1S/C23H25N3O2/c1-16-21(17(2)26(3)25-16)22(27)23(28)24-15-14-20(18-10-6-4-7-11-18)19-12-8-5-9-13-19/h4-13,20H,14-15H2,1-3H3,(H,24,28). The number of rotatable bonds is 7. The fourth-order valence-corrected chi connectivity index (χ4v) is 3.52. The molecule has 0 fully saturated rings. The van der Waals surface area contributed by atoms with Crippen LogP contribution in [-0.4, -0.2) is 28.0 Å². The minimum absolute atomic E-state index is 0.152. The molecule has 2 aromatic carbocycles. The van der Waals surface area contributed by atoms with Crippen molar-refractivity contribution in [2.45, 2.75) is 26.2 Å². The van der Waals surface area contributed by atoms with Gasteiger partial charge in [-0.05, 0) is 31.4 Å². The van der Waals surface area contributed by atoms with Crippen LogP contribution in [0.25, 0.3) is 0 Å². The molecular weight excluding hydrogens is 350 g/mol. The van der Waals surface area contributed by atoms with E-state index >= 15 is 0 Å². The second-order valence-corrected chi connectivity index (χ2v) is 6.92. The zero-order valence-corrected chi connectivity index (χ0v) is 16.5. The fraction of sp³-hybridized carbons (Fsp3) is 0.261. The summed E-state index contributed by atoms with van der Waals surface area (Å²) in [5.41, 5.74) is 4.04. The van der Waals surface area contributed by atoms with Crippen molar-refractivity contribution >= 4 is 11.7 Å². The summed E-state index contributed by atoms with van der Waals surface area (Å²) < 4.78 is 1.62. The molecule has 0 atom stereocenters. The average molecular weight is 375 g/mol. The molecule has 0 saturated heterocycles. The number of hydrogen-bond acceptors (Lipinski definition) is 3. The number of benzene rings is 2. The van der Waals surface area contributed by atoms with Gasteiger partial charge in [-0.1, -0.05) is 60.7 Å². The lowest BCUT2D eigenvalue weighted by atomic mass is 9.88. The number of amides is 1. The van der Waals surface area contributed by atoms with E-state index in [-0.39, 0.29) is 5.92 Å². The van der Waals surface area contributed by atoms with E-state index in [4.69, 9.17) is 0 Å². The zero-order valence-electron chi connectivity index (χ0n) is 16.5. The second-order valence-electron chi connectivity index (χ2n) is 6.92. The summed E-state index contributed by atoms with van der Waals surface area (Å²) in [5, 5.41) is 7.01. The van der Waals surface area contributed by atoms with E-state index < -0.39 is 11.7 Å². The Morgan fingerprint density at radius 2 is 1.50 bits per heavy atom. The van der Waals surface area contributed by atoms with Crippen LogP contribution in [0.5, 0.6) is 0 Å². The molecule has 0 aliphatic heterocycles. The van der Waals surface area contributed by atoms with E-state index in [0.29, 0.717) is 29.9 Å². The molecule has 1 amide bonds. The Labute approximate surface area is 165 Å². The molecule has 0 bridgehead atoms. The summed E-state index contributed by atoms with van der Waals surface area (Å²) in [6.07, 6.45) is 0.706. The van der Waals surface area contributed by atoms with Gasteiger partial charge in [0.1, 0.15) is 0 Å². The summed E-state index contributed by atoms with van der Waals surface area (Å²) in [4.78, 5) is 25.0. The molecule has 0 saturated carbocycles. The Bertz CT molecular complexity index is 923. The van der Waals surface area contributed by atoms with Gasteiger partial charge >= 0.3 is 0 Å².